The summed E-state index contributed by atoms with van der Waals surface area (Å²) < 4.78 is 30.2. The summed E-state index contributed by atoms with van der Waals surface area (Å²) in [6.45, 7) is 0. The number of hydrogen-bond donors (Lipinski definition) is 0. The summed E-state index contributed by atoms with van der Waals surface area (Å²) in [6.07, 6.45) is 1.19. The van der Waals surface area contributed by atoms with Gasteiger partial charge in [0.25, 0.3) is 0 Å². The van der Waals surface area contributed by atoms with Crippen molar-refractivity contribution in [3.05, 3.63) is 42.6 Å². The third kappa shape index (κ3) is 0.760. The fourth-order valence-corrected chi connectivity index (χ4v) is 0.790. The minimum absolute atomic E-state index is 0.0462. The largest absolute Gasteiger partial charge is 0.264 e. The van der Waals surface area contributed by atoms with E-state index in [0.717, 1.165) is 0 Å². The van der Waals surface area contributed by atoms with Gasteiger partial charge >= 0.3 is 0 Å². The van der Waals surface area contributed by atoms with E-state index >= 15 is 0 Å². The second kappa shape index (κ2) is 2.10. The molecule has 1 heteroatoms. The number of hydrogen-bond acceptors (Lipinski definition) is 1. The predicted octanol–water partition coefficient (Wildman–Crippen LogP) is 2.23. The summed E-state index contributed by atoms with van der Waals surface area (Å²) in [5, 5.41) is 0.613. The molecule has 1 aromatic carbocycles. The average Bonchev–Trinajstić information content (AvgIpc) is 2.16. The van der Waals surface area contributed by atoms with Crippen LogP contribution in [0.15, 0.2) is 42.6 Å². The van der Waals surface area contributed by atoms with Gasteiger partial charge in [0.2, 0.25) is 0 Å². The van der Waals surface area contributed by atoms with Gasteiger partial charge in [-0.05, 0) is 16.8 Å². The van der Waals surface area contributed by atoms with Crippen LogP contribution in [0.5, 0.6) is 0 Å². The summed E-state index contributed by atoms with van der Waals surface area (Å²) in [5.74, 6) is 0. The van der Waals surface area contributed by atoms with Crippen molar-refractivity contribution in [2.24, 2.45) is 0 Å². The van der Waals surface area contributed by atoms with E-state index in [1.165, 1.54) is 18.3 Å². The maximum absolute atomic E-state index is 7.58. The molecule has 0 amide bonds. The zero-order chi connectivity index (χ0) is 10.3. The van der Waals surface area contributed by atoms with Crippen molar-refractivity contribution in [3.63, 3.8) is 0 Å². The molecule has 0 aliphatic rings. The molecule has 0 fully saturated rings. The number of nitrogens with zero attached hydrogens (tertiary/aromatic N) is 1. The Hall–Kier alpha value is -1.37. The van der Waals surface area contributed by atoms with Crippen molar-refractivity contribution in [2.45, 2.75) is 0 Å². The van der Waals surface area contributed by atoms with Gasteiger partial charge < -0.3 is 0 Å². The lowest BCUT2D eigenvalue weighted by Gasteiger charge is -1.91. The van der Waals surface area contributed by atoms with E-state index in [-0.39, 0.29) is 29.7 Å². The minimum atomic E-state index is -0.0462. The van der Waals surface area contributed by atoms with E-state index in [1.54, 1.807) is 0 Å². The lowest BCUT2D eigenvalue weighted by Crippen LogP contribution is -1.71. The second-order valence-electron chi connectivity index (χ2n) is 1.89. The van der Waals surface area contributed by atoms with Crippen LogP contribution in [0.3, 0.4) is 0 Å². The van der Waals surface area contributed by atoms with Gasteiger partial charge in [0, 0.05) is 12.4 Å². The standard InChI is InChI=1S/C9H7N/c1-2-4-9-7-10-6-5-8(9)3-1/h1-7H/i3D,4D,5D,7D. The first-order chi connectivity index (χ1) is 6.61. The molecule has 0 aliphatic heterocycles. The molecule has 2 rings (SSSR count). The first-order valence-corrected chi connectivity index (χ1v) is 2.93. The molecular weight excluding hydrogens is 122 g/mol. The molecule has 0 N–H and O–H groups in total. The molecule has 0 atom stereocenters. The molecule has 0 unspecified atom stereocenters. The molecule has 10 heavy (non-hydrogen) atoms. The molecular formula is C9H7N. The first kappa shape index (κ1) is 2.70. The Morgan fingerprint density at radius 1 is 1.10 bits per heavy atom. The number of rotatable bonds is 0. The van der Waals surface area contributed by atoms with Crippen LogP contribution in [0.4, 0.5) is 0 Å². The maximum atomic E-state index is 7.58. The highest BCUT2D eigenvalue weighted by atomic mass is 14.6. The van der Waals surface area contributed by atoms with Gasteiger partial charge in [0.1, 0.15) is 0 Å². The van der Waals surface area contributed by atoms with Gasteiger partial charge in [-0.15, -0.1) is 0 Å². The van der Waals surface area contributed by atoms with Crippen LogP contribution in [-0.2, 0) is 0 Å². The molecule has 1 aromatic heterocycles. The second-order valence-corrected chi connectivity index (χ2v) is 1.89. The highest BCUT2D eigenvalue weighted by molar-refractivity contribution is 5.80. The van der Waals surface area contributed by atoms with Crippen LogP contribution in [0, 0.1) is 0 Å². The average molecular weight is 133 g/mol. The fraction of sp³-hybridized carbons (Fsp3) is 0. The lowest BCUT2D eigenvalue weighted by atomic mass is 10.2. The Morgan fingerprint density at radius 3 is 2.70 bits per heavy atom. The van der Waals surface area contributed by atoms with Crippen LogP contribution < -0.4 is 0 Å². The van der Waals surface area contributed by atoms with E-state index < -0.39 is 0 Å². The molecule has 2 aromatic rings. The van der Waals surface area contributed by atoms with Gasteiger partial charge in [0.15, 0.2) is 0 Å². The number of fused-ring (bicyclic) bond motifs is 1. The van der Waals surface area contributed by atoms with Crippen molar-refractivity contribution in [3.8, 4) is 0 Å². The summed E-state index contributed by atoms with van der Waals surface area (Å²) in [6, 6.07) is 3.31. The molecule has 0 spiro atoms. The van der Waals surface area contributed by atoms with Crippen LogP contribution in [0.2, 0.25) is 0 Å². The summed E-state index contributed by atoms with van der Waals surface area (Å²) >= 11 is 0. The normalized spacial score (nSPS) is 15.6. The number of benzene rings is 1. The monoisotopic (exact) mass is 133 g/mol. The van der Waals surface area contributed by atoms with Crippen molar-refractivity contribution in [2.75, 3.05) is 0 Å². The molecule has 0 saturated carbocycles. The van der Waals surface area contributed by atoms with E-state index in [1.807, 2.05) is 0 Å². The lowest BCUT2D eigenvalue weighted by molar-refractivity contribution is 1.36. The summed E-state index contributed by atoms with van der Waals surface area (Å²) in [7, 11) is 0. The van der Waals surface area contributed by atoms with Crippen molar-refractivity contribution in [1.82, 2.24) is 4.98 Å². The maximum Gasteiger partial charge on any atom is 0.0847 e. The van der Waals surface area contributed by atoms with Gasteiger partial charge in [0.05, 0.1) is 5.48 Å². The summed E-state index contributed by atoms with van der Waals surface area (Å²) in [4.78, 5) is 3.68. The van der Waals surface area contributed by atoms with Gasteiger partial charge in [-0.1, -0.05) is 24.2 Å². The Bertz CT molecular complexity index is 420. The molecule has 0 aliphatic carbocycles. The Balaban J connectivity index is 3.05. The van der Waals surface area contributed by atoms with Crippen molar-refractivity contribution >= 4 is 10.8 Å². The third-order valence-corrected chi connectivity index (χ3v) is 1.24. The third-order valence-electron chi connectivity index (χ3n) is 1.24. The zero-order valence-electron chi connectivity index (χ0n) is 9.18. The molecule has 0 radical (unpaired) electrons. The van der Waals surface area contributed by atoms with E-state index in [4.69, 9.17) is 5.48 Å². The SMILES string of the molecule is [2H]c1ccc([2H])c2c([2H])ncc([2H])c12. The van der Waals surface area contributed by atoms with Crippen molar-refractivity contribution < 1.29 is 5.48 Å². The Labute approximate surface area is 65.0 Å². The van der Waals surface area contributed by atoms with E-state index in [9.17, 15) is 0 Å². The molecule has 0 saturated heterocycles. The molecule has 1 nitrogen and oxygen atoms in total. The predicted molar refractivity (Wildman–Crippen MR) is 41.7 cm³/mol. The number of pyridine rings is 1. The topological polar surface area (TPSA) is 12.9 Å². The fourth-order valence-electron chi connectivity index (χ4n) is 0.790. The van der Waals surface area contributed by atoms with Crippen LogP contribution in [0.25, 0.3) is 10.8 Å². The van der Waals surface area contributed by atoms with Gasteiger partial charge in [-0.25, -0.2) is 0 Å². The van der Waals surface area contributed by atoms with Gasteiger partial charge in [-0.2, -0.15) is 0 Å². The van der Waals surface area contributed by atoms with Crippen LogP contribution in [0.1, 0.15) is 5.48 Å². The first-order valence-electron chi connectivity index (χ1n) is 4.93. The van der Waals surface area contributed by atoms with Gasteiger partial charge in [-0.3, -0.25) is 4.98 Å². The highest BCUT2D eigenvalue weighted by Gasteiger charge is 1.86. The number of aromatic nitrogens is 1. The van der Waals surface area contributed by atoms with E-state index in [2.05, 4.69) is 4.98 Å². The highest BCUT2D eigenvalue weighted by Crippen LogP contribution is 2.09. The quantitative estimate of drug-likeness (QED) is 0.537. The molecule has 1 heterocycles. The Kier molecular flexibility index (Phi) is 0.569. The molecule has 48 valence electrons. The summed E-state index contributed by atoms with van der Waals surface area (Å²) in [5.41, 5.74) is 0. The van der Waals surface area contributed by atoms with Crippen LogP contribution in [-0.4, -0.2) is 4.98 Å². The zero-order valence-corrected chi connectivity index (χ0v) is 5.18. The minimum Gasteiger partial charge on any atom is -0.264 e. The Morgan fingerprint density at radius 2 is 1.90 bits per heavy atom. The van der Waals surface area contributed by atoms with Crippen molar-refractivity contribution in [1.29, 1.82) is 0 Å². The van der Waals surface area contributed by atoms with Crippen LogP contribution >= 0.6 is 0 Å². The van der Waals surface area contributed by atoms with E-state index in [0.29, 0.717) is 5.39 Å². The smallest absolute Gasteiger partial charge is 0.0847 e. The molecule has 0 bridgehead atoms.